The van der Waals surface area contributed by atoms with Crippen molar-refractivity contribution in [3.05, 3.63) is 75.6 Å². The molecule has 0 saturated heterocycles. The Balaban J connectivity index is 1.55. The van der Waals surface area contributed by atoms with Crippen LogP contribution < -0.4 is 16.2 Å². The Hall–Kier alpha value is -4.80. The summed E-state index contributed by atoms with van der Waals surface area (Å²) >= 11 is 0. The van der Waals surface area contributed by atoms with E-state index < -0.39 is 0 Å². The topological polar surface area (TPSA) is 157 Å². The lowest BCUT2D eigenvalue weighted by molar-refractivity contribution is 1.05. The molecule has 0 bridgehead atoms. The second-order valence-electron chi connectivity index (χ2n) is 7.13. The molecule has 0 amide bonds. The molecule has 11 nitrogen and oxygen atoms in total. The average molecular weight is 427 g/mol. The predicted octanol–water partition coefficient (Wildman–Crippen LogP) is 4.23. The first-order valence-electron chi connectivity index (χ1n) is 9.67. The Bertz CT molecular complexity index is 1500. The summed E-state index contributed by atoms with van der Waals surface area (Å²) < 4.78 is 0. The molecular formula is C21H17N9O2. The largest absolute Gasteiger partial charge is 0.324 e. The van der Waals surface area contributed by atoms with Crippen molar-refractivity contribution in [3.8, 4) is 11.3 Å². The van der Waals surface area contributed by atoms with Crippen molar-refractivity contribution in [3.63, 3.8) is 0 Å². The number of anilines is 4. The van der Waals surface area contributed by atoms with Crippen molar-refractivity contribution in [1.82, 2.24) is 30.4 Å². The summed E-state index contributed by atoms with van der Waals surface area (Å²) in [6, 6.07) is 15.7. The van der Waals surface area contributed by atoms with Crippen molar-refractivity contribution in [2.75, 3.05) is 10.6 Å². The van der Waals surface area contributed by atoms with E-state index in [0.717, 1.165) is 5.69 Å². The summed E-state index contributed by atoms with van der Waals surface area (Å²) in [5, 5.41) is 22.3. The van der Waals surface area contributed by atoms with E-state index in [-0.39, 0.29) is 5.56 Å². The van der Waals surface area contributed by atoms with E-state index in [4.69, 9.17) is 0 Å². The van der Waals surface area contributed by atoms with Gasteiger partial charge in [0.1, 0.15) is 11.5 Å². The lowest BCUT2D eigenvalue weighted by Gasteiger charge is -2.11. The summed E-state index contributed by atoms with van der Waals surface area (Å²) in [5.74, 6) is 1.43. The maximum absolute atomic E-state index is 11.7. The molecule has 0 aliphatic carbocycles. The number of rotatable bonds is 6. The van der Waals surface area contributed by atoms with Gasteiger partial charge in [0.15, 0.2) is 5.82 Å². The average Bonchev–Trinajstić information content (AvgIpc) is 3.38. The van der Waals surface area contributed by atoms with E-state index >= 15 is 0 Å². The Kier molecular flexibility index (Phi) is 4.67. The molecule has 3 aromatic heterocycles. The number of aromatic amines is 3. The maximum Gasteiger partial charge on any atom is 0.271 e. The second-order valence-corrected chi connectivity index (χ2v) is 7.13. The van der Waals surface area contributed by atoms with Gasteiger partial charge in [0.05, 0.1) is 16.6 Å². The Morgan fingerprint density at radius 1 is 0.938 bits per heavy atom. The number of aryl methyl sites for hydroxylation is 1. The first-order valence-corrected chi connectivity index (χ1v) is 9.67. The van der Waals surface area contributed by atoms with Crippen LogP contribution in [0.25, 0.3) is 22.2 Å². The van der Waals surface area contributed by atoms with Crippen LogP contribution in [0.2, 0.25) is 0 Å². The molecule has 5 N–H and O–H groups in total. The fourth-order valence-electron chi connectivity index (χ4n) is 3.29. The van der Waals surface area contributed by atoms with Crippen LogP contribution in [0.3, 0.4) is 0 Å². The fraction of sp³-hybridized carbons (Fsp3) is 0.0476. The van der Waals surface area contributed by atoms with Gasteiger partial charge in [-0.1, -0.05) is 12.1 Å². The van der Waals surface area contributed by atoms with E-state index in [1.54, 1.807) is 42.5 Å². The van der Waals surface area contributed by atoms with E-state index in [0.29, 0.717) is 51.1 Å². The van der Waals surface area contributed by atoms with Crippen molar-refractivity contribution in [2.45, 2.75) is 6.92 Å². The zero-order valence-corrected chi connectivity index (χ0v) is 16.8. The van der Waals surface area contributed by atoms with Crippen LogP contribution in [-0.4, -0.2) is 30.4 Å². The van der Waals surface area contributed by atoms with Crippen LogP contribution in [0.1, 0.15) is 5.69 Å². The molecule has 0 aliphatic rings. The Labute approximate surface area is 180 Å². The molecule has 0 spiro atoms. The quantitative estimate of drug-likeness (QED) is 0.254. The van der Waals surface area contributed by atoms with Crippen LogP contribution in [-0.2, 0) is 0 Å². The number of benzene rings is 2. The van der Waals surface area contributed by atoms with Crippen LogP contribution in [0.4, 0.5) is 29.0 Å². The smallest absolute Gasteiger partial charge is 0.271 e. The van der Waals surface area contributed by atoms with Crippen molar-refractivity contribution in [1.29, 1.82) is 0 Å². The van der Waals surface area contributed by atoms with Crippen LogP contribution >= 0.6 is 0 Å². The minimum atomic E-state index is -0.186. The molecule has 0 radical (unpaired) electrons. The number of hydrogen-bond donors (Lipinski definition) is 5. The molecule has 3 heterocycles. The zero-order valence-electron chi connectivity index (χ0n) is 16.8. The molecule has 11 heteroatoms. The molecule has 0 unspecified atom stereocenters. The molecule has 5 rings (SSSR count). The summed E-state index contributed by atoms with van der Waals surface area (Å²) in [6.07, 6.45) is 0. The van der Waals surface area contributed by atoms with Crippen molar-refractivity contribution >= 4 is 39.9 Å². The number of aromatic nitrogens is 6. The third-order valence-electron chi connectivity index (χ3n) is 4.77. The highest BCUT2D eigenvalue weighted by molar-refractivity contribution is 5.82. The molecular weight excluding hydrogens is 410 g/mol. The number of nitroso groups, excluding NO2 is 1. The van der Waals surface area contributed by atoms with E-state index in [1.165, 1.54) is 0 Å². The molecule has 32 heavy (non-hydrogen) atoms. The Morgan fingerprint density at radius 3 is 2.66 bits per heavy atom. The van der Waals surface area contributed by atoms with Crippen molar-refractivity contribution < 1.29 is 0 Å². The summed E-state index contributed by atoms with van der Waals surface area (Å²) in [6.45, 7) is 1.90. The first-order chi connectivity index (χ1) is 15.6. The van der Waals surface area contributed by atoms with Crippen LogP contribution in [0, 0.1) is 11.8 Å². The monoisotopic (exact) mass is 427 g/mol. The van der Waals surface area contributed by atoms with E-state index in [1.807, 2.05) is 19.1 Å². The molecule has 158 valence electrons. The molecule has 2 aromatic carbocycles. The number of H-pyrrole nitrogens is 3. The van der Waals surface area contributed by atoms with Gasteiger partial charge in [-0.25, -0.2) is 4.98 Å². The summed E-state index contributed by atoms with van der Waals surface area (Å²) in [7, 11) is 0. The van der Waals surface area contributed by atoms with Crippen LogP contribution in [0.5, 0.6) is 0 Å². The third kappa shape index (κ3) is 3.81. The normalized spacial score (nSPS) is 10.9. The third-order valence-corrected chi connectivity index (χ3v) is 4.77. The zero-order chi connectivity index (χ0) is 22.1. The van der Waals surface area contributed by atoms with Gasteiger partial charge in [-0.15, -0.1) is 4.91 Å². The SMILES string of the molecule is Cc1cc(Nc2cc(-c3cccc(N=O)c3)nc(Nc3ccc4c(=O)[nH][nH]c4c3)n2)n[nH]1. The molecule has 5 aromatic rings. The van der Waals surface area contributed by atoms with Crippen LogP contribution in [0.15, 0.2) is 64.6 Å². The van der Waals surface area contributed by atoms with Crippen molar-refractivity contribution in [2.24, 2.45) is 5.18 Å². The highest BCUT2D eigenvalue weighted by Crippen LogP contribution is 2.27. The van der Waals surface area contributed by atoms with Gasteiger partial charge in [0.2, 0.25) is 5.95 Å². The highest BCUT2D eigenvalue weighted by Gasteiger charge is 2.11. The van der Waals surface area contributed by atoms with Gasteiger partial charge in [-0.2, -0.15) is 10.1 Å². The predicted molar refractivity (Wildman–Crippen MR) is 122 cm³/mol. The van der Waals surface area contributed by atoms with E-state index in [2.05, 4.69) is 46.2 Å². The minimum Gasteiger partial charge on any atom is -0.324 e. The van der Waals surface area contributed by atoms with E-state index in [9.17, 15) is 9.70 Å². The molecule has 0 aliphatic heterocycles. The lowest BCUT2D eigenvalue weighted by atomic mass is 10.1. The maximum atomic E-state index is 11.7. The number of nitrogens with zero attached hydrogens (tertiary/aromatic N) is 4. The first kappa shape index (κ1) is 19.2. The molecule has 0 atom stereocenters. The van der Waals surface area contributed by atoms with Gasteiger partial charge in [0, 0.05) is 29.1 Å². The summed E-state index contributed by atoms with van der Waals surface area (Å²) in [4.78, 5) is 31.8. The number of hydrogen-bond acceptors (Lipinski definition) is 8. The Morgan fingerprint density at radius 2 is 1.84 bits per heavy atom. The summed E-state index contributed by atoms with van der Waals surface area (Å²) in [5.41, 5.74) is 3.65. The fourth-order valence-corrected chi connectivity index (χ4v) is 3.29. The molecule has 0 saturated carbocycles. The van der Waals surface area contributed by atoms with Gasteiger partial charge in [-0.05, 0) is 42.4 Å². The molecule has 0 fully saturated rings. The van der Waals surface area contributed by atoms with Gasteiger partial charge >= 0.3 is 0 Å². The minimum absolute atomic E-state index is 0.186. The number of fused-ring (bicyclic) bond motifs is 1. The van der Waals surface area contributed by atoms with Gasteiger partial charge in [0.25, 0.3) is 5.56 Å². The standard InChI is InChI=1S/C21H17N9O2/c1-11-7-19(28-26-11)24-18-10-16(12-3-2-4-14(8-12)30-32)23-21(25-18)22-13-5-6-15-17(9-13)27-29-20(15)31/h2-10H,1H3,(H2,27,29,31)(H3,22,23,24,25,26,28). The number of nitrogens with one attached hydrogen (secondary N) is 5. The second kappa shape index (κ2) is 7.80. The highest BCUT2D eigenvalue weighted by atomic mass is 16.3. The van der Waals surface area contributed by atoms with Gasteiger partial charge in [-0.3, -0.25) is 20.1 Å². The van der Waals surface area contributed by atoms with Gasteiger partial charge < -0.3 is 10.6 Å². The lowest BCUT2D eigenvalue weighted by Crippen LogP contribution is -2.03.